The number of benzene rings is 6. The molecule has 0 unspecified atom stereocenters. The van der Waals surface area contributed by atoms with E-state index in [0.717, 1.165) is 21.9 Å². The van der Waals surface area contributed by atoms with E-state index in [1.165, 1.54) is 0 Å². The highest BCUT2D eigenvalue weighted by Crippen LogP contribution is 2.37. The van der Waals surface area contributed by atoms with Crippen LogP contribution < -0.4 is 20.6 Å². The molecule has 0 aliphatic carbocycles. The predicted molar refractivity (Wildman–Crippen MR) is 207 cm³/mol. The Labute approximate surface area is 305 Å². The van der Waals surface area contributed by atoms with Crippen LogP contribution in [0.25, 0.3) is 65.7 Å². The van der Waals surface area contributed by atoms with Gasteiger partial charge in [0.05, 0.1) is 22.1 Å². The van der Waals surface area contributed by atoms with Crippen LogP contribution in [-0.2, 0) is 22.4 Å². The summed E-state index contributed by atoms with van der Waals surface area (Å²) in [4.78, 5) is 63.4. The summed E-state index contributed by atoms with van der Waals surface area (Å²) in [6.45, 7) is 0. The molecule has 4 aromatic heterocycles. The first-order valence-corrected chi connectivity index (χ1v) is 17.7. The van der Waals surface area contributed by atoms with Crippen LogP contribution in [0.5, 0.6) is 11.5 Å². The van der Waals surface area contributed by atoms with E-state index in [9.17, 15) is 19.2 Å². The maximum absolute atomic E-state index is 14.3. The van der Waals surface area contributed by atoms with Crippen LogP contribution >= 0.6 is 0 Å². The first-order valence-electron chi connectivity index (χ1n) is 17.7. The van der Waals surface area contributed by atoms with Gasteiger partial charge >= 0.3 is 11.9 Å². The molecule has 10 heteroatoms. The van der Waals surface area contributed by atoms with Crippen molar-refractivity contribution in [1.82, 2.24) is 18.8 Å². The zero-order chi connectivity index (χ0) is 36.5. The Morgan fingerprint density at radius 1 is 0.500 bits per heavy atom. The van der Waals surface area contributed by atoms with E-state index in [0.29, 0.717) is 79.2 Å². The molecule has 0 bridgehead atoms. The van der Waals surface area contributed by atoms with E-state index in [1.807, 2.05) is 84.9 Å². The van der Waals surface area contributed by atoms with Crippen molar-refractivity contribution in [2.24, 2.45) is 0 Å². The van der Waals surface area contributed by atoms with E-state index >= 15 is 0 Å². The second-order valence-corrected chi connectivity index (χ2v) is 13.4. The molecule has 10 aromatic rings. The fourth-order valence-electron chi connectivity index (χ4n) is 7.63. The van der Waals surface area contributed by atoms with Gasteiger partial charge in [-0.2, -0.15) is 0 Å². The molecule has 0 aliphatic heterocycles. The summed E-state index contributed by atoms with van der Waals surface area (Å²) in [7, 11) is 0. The van der Waals surface area contributed by atoms with Gasteiger partial charge in [0.2, 0.25) is 0 Å². The van der Waals surface area contributed by atoms with Gasteiger partial charge < -0.3 is 9.47 Å². The van der Waals surface area contributed by atoms with E-state index < -0.39 is 0 Å². The second-order valence-electron chi connectivity index (χ2n) is 13.4. The van der Waals surface area contributed by atoms with Crippen LogP contribution in [-0.4, -0.2) is 30.7 Å². The number of aromatic nitrogens is 4. The Morgan fingerprint density at radius 2 is 0.981 bits per heavy atom. The lowest BCUT2D eigenvalue weighted by Gasteiger charge is -2.12. The Bertz CT molecular complexity index is 3220. The average Bonchev–Trinajstić information content (AvgIpc) is 3.77. The second kappa shape index (κ2) is 12.2. The van der Waals surface area contributed by atoms with Crippen LogP contribution in [0, 0.1) is 0 Å². The van der Waals surface area contributed by atoms with Gasteiger partial charge in [0, 0.05) is 45.2 Å². The standard InChI is InChI=1S/C44H28N4O6/c49-37(53-27-7-3-1-4-8-27)21-13-25-12-20-35-34(23-25)46-42-30-16-15-29-39-32(18-17-31(40(30)39)43(51)47(35)42)44(52)48-36-24-26(11-19-33(36)45-41(29)48)14-22-38(50)54-28-9-5-2-6-10-28/h1-12,15-20,23-24H,13-14,21-22H2. The van der Waals surface area contributed by atoms with Crippen LogP contribution in [0.3, 0.4) is 0 Å². The zero-order valence-corrected chi connectivity index (χ0v) is 28.6. The summed E-state index contributed by atoms with van der Waals surface area (Å²) in [6.07, 6.45) is 1.24. The summed E-state index contributed by atoms with van der Waals surface area (Å²) in [5.41, 5.74) is 4.86. The molecule has 0 saturated heterocycles. The molecule has 0 atom stereocenters. The number of hydrogen-bond acceptors (Lipinski definition) is 8. The van der Waals surface area contributed by atoms with Crippen molar-refractivity contribution in [2.75, 3.05) is 0 Å². The van der Waals surface area contributed by atoms with Gasteiger partial charge in [-0.25, -0.2) is 9.97 Å². The number of para-hydroxylation sites is 2. The molecular formula is C44H28N4O6. The van der Waals surface area contributed by atoms with E-state index in [4.69, 9.17) is 19.4 Å². The zero-order valence-electron chi connectivity index (χ0n) is 28.6. The lowest BCUT2D eigenvalue weighted by Crippen LogP contribution is -2.16. The van der Waals surface area contributed by atoms with Crippen molar-refractivity contribution < 1.29 is 19.1 Å². The number of nitrogens with zero attached hydrogens (tertiary/aromatic N) is 4. The van der Waals surface area contributed by atoms with Gasteiger partial charge in [0.15, 0.2) is 0 Å². The highest BCUT2D eigenvalue weighted by Gasteiger charge is 2.23. The van der Waals surface area contributed by atoms with Crippen LogP contribution in [0.4, 0.5) is 0 Å². The summed E-state index contributed by atoms with van der Waals surface area (Å²) < 4.78 is 14.1. The number of carbonyl (C=O) groups excluding carboxylic acids is 2. The number of imidazole rings is 2. The van der Waals surface area contributed by atoms with Crippen LogP contribution in [0.1, 0.15) is 24.0 Å². The van der Waals surface area contributed by atoms with Crippen molar-refractivity contribution in [2.45, 2.75) is 25.7 Å². The van der Waals surface area contributed by atoms with Crippen molar-refractivity contribution in [3.63, 3.8) is 0 Å². The molecule has 0 amide bonds. The molecule has 0 aliphatic rings. The lowest BCUT2D eigenvalue weighted by molar-refractivity contribution is -0.135. The highest BCUT2D eigenvalue weighted by atomic mass is 16.5. The molecule has 10 rings (SSSR count). The first kappa shape index (κ1) is 31.5. The predicted octanol–water partition coefficient (Wildman–Crippen LogP) is 7.42. The van der Waals surface area contributed by atoms with Gasteiger partial charge in [-0.15, -0.1) is 0 Å². The topological polar surface area (TPSA) is 121 Å². The number of esters is 2. The fraction of sp³-hybridized carbons (Fsp3) is 0.0909. The summed E-state index contributed by atoms with van der Waals surface area (Å²) >= 11 is 0. The van der Waals surface area contributed by atoms with E-state index in [-0.39, 0.29) is 35.9 Å². The quantitative estimate of drug-likeness (QED) is 0.0909. The maximum atomic E-state index is 14.3. The van der Waals surface area contributed by atoms with E-state index in [1.54, 1.807) is 45.2 Å². The summed E-state index contributed by atoms with van der Waals surface area (Å²) in [6, 6.07) is 36.6. The number of rotatable bonds is 8. The number of hydrogen-bond donors (Lipinski definition) is 0. The molecule has 0 spiro atoms. The number of pyridine rings is 2. The SMILES string of the molecule is O=C(CCc1ccc2c(c1)nc1c3ccc4c5c(ccc(c(=O)n21)c35)c(=O)n1c2cc(CCC(=O)Oc3ccccc3)ccc2nc41)Oc1ccccc1. The van der Waals surface area contributed by atoms with Gasteiger partial charge in [-0.3, -0.25) is 28.0 Å². The Kier molecular flexibility index (Phi) is 7.12. The molecule has 54 heavy (non-hydrogen) atoms. The third kappa shape index (κ3) is 5.02. The summed E-state index contributed by atoms with van der Waals surface area (Å²) in [5, 5.41) is 3.79. The van der Waals surface area contributed by atoms with Gasteiger partial charge in [0.1, 0.15) is 22.8 Å². The Morgan fingerprint density at radius 3 is 1.56 bits per heavy atom. The lowest BCUT2D eigenvalue weighted by atomic mass is 9.96. The third-order valence-corrected chi connectivity index (χ3v) is 10.1. The molecule has 0 radical (unpaired) electrons. The number of carbonyl (C=O) groups is 2. The normalized spacial score (nSPS) is 11.9. The van der Waals surface area contributed by atoms with Crippen LogP contribution in [0.15, 0.2) is 131 Å². The van der Waals surface area contributed by atoms with Crippen molar-refractivity contribution in [1.29, 1.82) is 0 Å². The molecule has 0 saturated carbocycles. The highest BCUT2D eigenvalue weighted by molar-refractivity contribution is 6.27. The summed E-state index contributed by atoms with van der Waals surface area (Å²) in [5.74, 6) is 0.323. The largest absolute Gasteiger partial charge is 0.427 e. The Balaban J connectivity index is 1.04. The van der Waals surface area contributed by atoms with Crippen molar-refractivity contribution >= 4 is 77.6 Å². The smallest absolute Gasteiger partial charge is 0.311 e. The molecule has 4 heterocycles. The number of ether oxygens (including phenoxy) is 2. The van der Waals surface area contributed by atoms with Gasteiger partial charge in [0.25, 0.3) is 11.1 Å². The minimum atomic E-state index is -0.342. The molecule has 0 fully saturated rings. The molecule has 6 aromatic carbocycles. The minimum Gasteiger partial charge on any atom is -0.427 e. The maximum Gasteiger partial charge on any atom is 0.311 e. The van der Waals surface area contributed by atoms with E-state index in [2.05, 4.69) is 0 Å². The number of fused-ring (bicyclic) bond motifs is 8. The van der Waals surface area contributed by atoms with Gasteiger partial charge in [-0.05, 0) is 96.8 Å². The molecule has 10 nitrogen and oxygen atoms in total. The first-order chi connectivity index (χ1) is 26.4. The minimum absolute atomic E-state index is 0.173. The van der Waals surface area contributed by atoms with Crippen LogP contribution in [0.2, 0.25) is 0 Å². The monoisotopic (exact) mass is 708 g/mol. The third-order valence-electron chi connectivity index (χ3n) is 10.1. The van der Waals surface area contributed by atoms with Gasteiger partial charge in [-0.1, -0.05) is 48.5 Å². The molecular weight excluding hydrogens is 681 g/mol. The molecule has 260 valence electrons. The fourth-order valence-corrected chi connectivity index (χ4v) is 7.63. The van der Waals surface area contributed by atoms with Crippen molar-refractivity contribution in [3.8, 4) is 11.5 Å². The van der Waals surface area contributed by atoms with Crippen molar-refractivity contribution in [3.05, 3.63) is 153 Å². The average molecular weight is 709 g/mol. The number of aryl methyl sites for hydroxylation is 2. The Hall–Kier alpha value is -7.20. The molecule has 0 N–H and O–H groups in total.